The van der Waals surface area contributed by atoms with E-state index in [1.165, 1.54) is 0 Å². The highest BCUT2D eigenvalue weighted by Gasteiger charge is 2.26. The van der Waals surface area contributed by atoms with E-state index in [9.17, 15) is 9.90 Å². The molecule has 2 aliphatic heterocycles. The second-order valence-electron chi connectivity index (χ2n) is 8.05. The zero-order chi connectivity index (χ0) is 23.2. The van der Waals surface area contributed by atoms with E-state index in [-0.39, 0.29) is 18.6 Å². The lowest BCUT2D eigenvalue weighted by molar-refractivity contribution is -0.114. The summed E-state index contributed by atoms with van der Waals surface area (Å²) >= 11 is 6.19. The van der Waals surface area contributed by atoms with Gasteiger partial charge in [-0.3, -0.25) is 9.69 Å². The van der Waals surface area contributed by atoms with Crippen molar-refractivity contribution in [2.24, 2.45) is 0 Å². The van der Waals surface area contributed by atoms with Crippen molar-refractivity contribution in [1.29, 1.82) is 0 Å². The van der Waals surface area contributed by atoms with Gasteiger partial charge in [0.1, 0.15) is 6.61 Å². The number of rotatable bonds is 8. The van der Waals surface area contributed by atoms with Crippen molar-refractivity contribution < 1.29 is 24.1 Å². The average molecular weight is 473 g/mol. The van der Waals surface area contributed by atoms with Gasteiger partial charge in [0.05, 0.1) is 32.1 Å². The summed E-state index contributed by atoms with van der Waals surface area (Å²) < 4.78 is 17.1. The minimum Gasteiger partial charge on any atom is -0.493 e. The largest absolute Gasteiger partial charge is 0.493 e. The Hall–Kier alpha value is -2.58. The second-order valence-corrected chi connectivity index (χ2v) is 8.46. The first-order valence-corrected chi connectivity index (χ1v) is 11.5. The van der Waals surface area contributed by atoms with Crippen LogP contribution in [-0.4, -0.2) is 75.1 Å². The molecule has 8 heteroatoms. The molecule has 2 aliphatic rings. The fraction of sp³-hybridized carbons (Fsp3) is 0.400. The molecule has 2 aromatic rings. The molecule has 1 N–H and O–H groups in total. The molecule has 4 rings (SSSR count). The van der Waals surface area contributed by atoms with Gasteiger partial charge in [-0.15, -0.1) is 0 Å². The number of hydrogen-bond acceptors (Lipinski definition) is 6. The van der Waals surface area contributed by atoms with Gasteiger partial charge in [0, 0.05) is 43.3 Å². The Bertz CT molecular complexity index is 1010. The lowest BCUT2D eigenvalue weighted by atomic mass is 10.1. The first-order valence-electron chi connectivity index (χ1n) is 11.1. The third-order valence-corrected chi connectivity index (χ3v) is 6.27. The second kappa shape index (κ2) is 11.0. The summed E-state index contributed by atoms with van der Waals surface area (Å²) in [7, 11) is 1.62. The Morgan fingerprint density at radius 2 is 2.12 bits per heavy atom. The van der Waals surface area contributed by atoms with E-state index >= 15 is 0 Å². The summed E-state index contributed by atoms with van der Waals surface area (Å²) in [4.78, 5) is 16.9. The number of fused-ring (bicyclic) bond motifs is 1. The molecule has 33 heavy (non-hydrogen) atoms. The summed E-state index contributed by atoms with van der Waals surface area (Å²) in [5.41, 5.74) is 2.70. The maximum Gasteiger partial charge on any atom is 0.251 e. The molecule has 1 atom stereocenters. The van der Waals surface area contributed by atoms with Gasteiger partial charge in [0.2, 0.25) is 0 Å². The SMILES string of the molecule is COc1cc2c(cc1OCCN1CCOC(CO)C1)N(C(=O)/C=C/c1ccccc1Cl)CC2. The monoisotopic (exact) mass is 472 g/mol. The molecule has 0 aliphatic carbocycles. The average Bonchev–Trinajstić information content (AvgIpc) is 3.26. The molecule has 2 heterocycles. The number of anilines is 1. The third kappa shape index (κ3) is 5.68. The number of carbonyl (C=O) groups excluding carboxylic acids is 1. The Kier molecular flexibility index (Phi) is 7.88. The van der Waals surface area contributed by atoms with Crippen molar-refractivity contribution in [3.8, 4) is 11.5 Å². The zero-order valence-electron chi connectivity index (χ0n) is 18.7. The Morgan fingerprint density at radius 3 is 2.91 bits per heavy atom. The number of methoxy groups -OCH3 is 1. The van der Waals surface area contributed by atoms with Crippen LogP contribution in [0.4, 0.5) is 5.69 Å². The number of ether oxygens (including phenoxy) is 3. The van der Waals surface area contributed by atoms with Crippen molar-refractivity contribution in [2.75, 3.05) is 58.0 Å². The normalized spacial score (nSPS) is 18.5. The molecule has 1 unspecified atom stereocenters. The number of aliphatic hydroxyl groups excluding tert-OH is 1. The van der Waals surface area contributed by atoms with Crippen molar-refractivity contribution in [2.45, 2.75) is 12.5 Å². The highest BCUT2D eigenvalue weighted by Crippen LogP contribution is 2.39. The minimum absolute atomic E-state index is 0.0186. The van der Waals surface area contributed by atoms with Gasteiger partial charge in [-0.05, 0) is 35.8 Å². The standard InChI is InChI=1S/C25H29ClN2O5/c1-31-23-14-19-8-9-28(25(30)7-6-18-4-2-3-5-21(18)26)22(19)15-24(23)33-13-11-27-10-12-32-20(16-27)17-29/h2-7,14-15,20,29H,8-13,16-17H2,1H3/b7-6+. The molecule has 0 bridgehead atoms. The quantitative estimate of drug-likeness (QED) is 0.595. The van der Waals surface area contributed by atoms with Gasteiger partial charge in [0.25, 0.3) is 5.91 Å². The van der Waals surface area contributed by atoms with Crippen LogP contribution < -0.4 is 14.4 Å². The lowest BCUT2D eigenvalue weighted by Gasteiger charge is -2.31. The van der Waals surface area contributed by atoms with Crippen molar-refractivity contribution in [3.05, 3.63) is 58.6 Å². The fourth-order valence-corrected chi connectivity index (χ4v) is 4.34. The van der Waals surface area contributed by atoms with E-state index in [1.54, 1.807) is 30.2 Å². The predicted octanol–water partition coefficient (Wildman–Crippen LogP) is 3.02. The van der Waals surface area contributed by atoms with Crippen LogP contribution in [0.25, 0.3) is 6.08 Å². The van der Waals surface area contributed by atoms with Gasteiger partial charge in [-0.25, -0.2) is 0 Å². The molecule has 0 aromatic heterocycles. The van der Waals surface area contributed by atoms with E-state index in [4.69, 9.17) is 25.8 Å². The maximum atomic E-state index is 12.9. The van der Waals surface area contributed by atoms with Crippen LogP contribution in [0.15, 0.2) is 42.5 Å². The lowest BCUT2D eigenvalue weighted by Crippen LogP contribution is -2.45. The van der Waals surface area contributed by atoms with E-state index in [1.807, 2.05) is 30.3 Å². The number of carbonyl (C=O) groups is 1. The maximum absolute atomic E-state index is 12.9. The number of morpholine rings is 1. The smallest absolute Gasteiger partial charge is 0.251 e. The summed E-state index contributed by atoms with van der Waals surface area (Å²) in [6, 6.07) is 11.3. The van der Waals surface area contributed by atoms with Crippen molar-refractivity contribution in [1.82, 2.24) is 4.90 Å². The van der Waals surface area contributed by atoms with Gasteiger partial charge >= 0.3 is 0 Å². The summed E-state index contributed by atoms with van der Waals surface area (Å²) in [5, 5.41) is 9.92. The number of halogens is 1. The minimum atomic E-state index is -0.147. The van der Waals surface area contributed by atoms with Crippen LogP contribution in [-0.2, 0) is 16.0 Å². The molecule has 0 saturated carbocycles. The number of amides is 1. The molecular weight excluding hydrogens is 444 g/mol. The number of hydrogen-bond donors (Lipinski definition) is 1. The predicted molar refractivity (Wildman–Crippen MR) is 128 cm³/mol. The fourth-order valence-electron chi connectivity index (χ4n) is 4.14. The van der Waals surface area contributed by atoms with Crippen LogP contribution in [0.3, 0.4) is 0 Å². The number of benzene rings is 2. The summed E-state index contributed by atoms with van der Waals surface area (Å²) in [6.07, 6.45) is 3.91. The molecule has 1 amide bonds. The summed E-state index contributed by atoms with van der Waals surface area (Å²) in [6.45, 7) is 3.89. The van der Waals surface area contributed by atoms with E-state index < -0.39 is 0 Å². The molecule has 2 aromatic carbocycles. The Balaban J connectivity index is 1.43. The molecule has 1 fully saturated rings. The Labute approximate surface area is 199 Å². The zero-order valence-corrected chi connectivity index (χ0v) is 19.5. The van der Waals surface area contributed by atoms with Crippen LogP contribution >= 0.6 is 11.6 Å². The molecule has 0 radical (unpaired) electrons. The first-order chi connectivity index (χ1) is 16.1. The third-order valence-electron chi connectivity index (χ3n) is 5.93. The first kappa shape index (κ1) is 23.6. The topological polar surface area (TPSA) is 71.5 Å². The van der Waals surface area contributed by atoms with Crippen LogP contribution in [0, 0.1) is 0 Å². The number of aliphatic hydroxyl groups is 1. The molecular formula is C25H29ClN2O5. The number of nitrogens with zero attached hydrogens (tertiary/aromatic N) is 2. The molecule has 176 valence electrons. The van der Waals surface area contributed by atoms with Crippen molar-refractivity contribution in [3.63, 3.8) is 0 Å². The Morgan fingerprint density at radius 1 is 1.27 bits per heavy atom. The van der Waals surface area contributed by atoms with Gasteiger partial charge < -0.3 is 24.2 Å². The van der Waals surface area contributed by atoms with Gasteiger partial charge in [0.15, 0.2) is 11.5 Å². The molecule has 1 saturated heterocycles. The van der Waals surface area contributed by atoms with Crippen LogP contribution in [0.1, 0.15) is 11.1 Å². The van der Waals surface area contributed by atoms with Crippen molar-refractivity contribution >= 4 is 29.3 Å². The highest BCUT2D eigenvalue weighted by atomic mass is 35.5. The van der Waals surface area contributed by atoms with Crippen LogP contribution in [0.2, 0.25) is 5.02 Å². The molecule has 7 nitrogen and oxygen atoms in total. The van der Waals surface area contributed by atoms with E-state index in [2.05, 4.69) is 4.90 Å². The van der Waals surface area contributed by atoms with Gasteiger partial charge in [-0.2, -0.15) is 0 Å². The molecule has 0 spiro atoms. The highest BCUT2D eigenvalue weighted by molar-refractivity contribution is 6.32. The van der Waals surface area contributed by atoms with E-state index in [0.717, 1.165) is 29.8 Å². The van der Waals surface area contributed by atoms with Crippen LogP contribution in [0.5, 0.6) is 11.5 Å². The van der Waals surface area contributed by atoms with E-state index in [0.29, 0.717) is 49.4 Å². The van der Waals surface area contributed by atoms with Gasteiger partial charge in [-0.1, -0.05) is 29.8 Å². The summed E-state index contributed by atoms with van der Waals surface area (Å²) in [5.74, 6) is 1.16.